The molecule has 1 fully saturated rings. The number of aliphatic imine (C=N–C) groups is 1. The number of halogens is 1. The van der Waals surface area contributed by atoms with Crippen molar-refractivity contribution in [1.29, 1.82) is 0 Å². The second-order valence-corrected chi connectivity index (χ2v) is 6.09. The number of nitrogens with zero attached hydrogens (tertiary/aromatic N) is 3. The van der Waals surface area contributed by atoms with Gasteiger partial charge in [-0.1, -0.05) is 18.5 Å². The van der Waals surface area contributed by atoms with E-state index in [4.69, 9.17) is 21.1 Å². The van der Waals surface area contributed by atoms with Crippen LogP contribution >= 0.6 is 11.6 Å². The van der Waals surface area contributed by atoms with Gasteiger partial charge in [0, 0.05) is 32.4 Å². The van der Waals surface area contributed by atoms with Gasteiger partial charge in [0.1, 0.15) is 6.61 Å². The zero-order chi connectivity index (χ0) is 17.5. The number of aromatic nitrogens is 1. The average molecular weight is 355 g/mol. The van der Waals surface area contributed by atoms with Crippen molar-refractivity contribution in [3.8, 4) is 5.88 Å². The van der Waals surface area contributed by atoms with E-state index in [0.717, 1.165) is 12.5 Å². The van der Waals surface area contributed by atoms with Crippen LogP contribution in [0.5, 0.6) is 5.88 Å². The molecule has 1 N–H and O–H groups in total. The molecule has 0 saturated carbocycles. The fourth-order valence-electron chi connectivity index (χ4n) is 2.70. The van der Waals surface area contributed by atoms with Crippen LogP contribution in [0.15, 0.2) is 23.3 Å². The van der Waals surface area contributed by atoms with Gasteiger partial charge in [-0.3, -0.25) is 9.79 Å². The normalized spacial score (nSPS) is 20.8. The summed E-state index contributed by atoms with van der Waals surface area (Å²) >= 11 is 5.78. The molecule has 1 aromatic heterocycles. The molecule has 2 atom stereocenters. The van der Waals surface area contributed by atoms with Crippen LogP contribution in [0.1, 0.15) is 6.92 Å². The maximum atomic E-state index is 11.8. The highest BCUT2D eigenvalue weighted by atomic mass is 35.5. The molecule has 0 spiro atoms. The molecule has 1 aliphatic heterocycles. The van der Waals surface area contributed by atoms with Gasteiger partial charge >= 0.3 is 5.97 Å². The molecule has 1 aliphatic rings. The highest BCUT2D eigenvalue weighted by molar-refractivity contribution is 6.30. The summed E-state index contributed by atoms with van der Waals surface area (Å²) in [5, 5.41) is 3.81. The molecule has 2 unspecified atom stereocenters. The third-order valence-corrected chi connectivity index (χ3v) is 4.19. The van der Waals surface area contributed by atoms with Crippen molar-refractivity contribution in [3.05, 3.63) is 23.4 Å². The van der Waals surface area contributed by atoms with E-state index in [1.54, 1.807) is 25.4 Å². The molecule has 0 aromatic carbocycles. The van der Waals surface area contributed by atoms with Crippen LogP contribution in [0.2, 0.25) is 5.02 Å². The summed E-state index contributed by atoms with van der Waals surface area (Å²) in [6, 6.07) is 3.45. The standard InChI is InChI=1S/C16H23ClN4O3/c1-11-9-21(10-13(11)15(22)23-3)16(18-2)19-6-7-24-14-5-4-12(17)8-20-14/h4-5,8,11,13H,6-7,9-10H2,1-3H3,(H,18,19). The molecule has 8 heteroatoms. The predicted octanol–water partition coefficient (Wildman–Crippen LogP) is 1.43. The average Bonchev–Trinajstić information content (AvgIpc) is 2.97. The smallest absolute Gasteiger partial charge is 0.310 e. The lowest BCUT2D eigenvalue weighted by molar-refractivity contribution is -0.145. The van der Waals surface area contributed by atoms with E-state index < -0.39 is 0 Å². The van der Waals surface area contributed by atoms with Gasteiger partial charge in [0.15, 0.2) is 5.96 Å². The highest BCUT2D eigenvalue weighted by Gasteiger charge is 2.36. The molecule has 0 bridgehead atoms. The van der Waals surface area contributed by atoms with E-state index in [9.17, 15) is 4.79 Å². The number of esters is 1. The van der Waals surface area contributed by atoms with Crippen molar-refractivity contribution < 1.29 is 14.3 Å². The van der Waals surface area contributed by atoms with Crippen LogP contribution in [0, 0.1) is 11.8 Å². The monoisotopic (exact) mass is 354 g/mol. The van der Waals surface area contributed by atoms with Crippen LogP contribution in [-0.2, 0) is 9.53 Å². The van der Waals surface area contributed by atoms with Crippen molar-refractivity contribution in [2.45, 2.75) is 6.92 Å². The molecule has 2 rings (SSSR count). The summed E-state index contributed by atoms with van der Waals surface area (Å²) < 4.78 is 10.4. The number of methoxy groups -OCH3 is 1. The fourth-order valence-corrected chi connectivity index (χ4v) is 2.81. The Morgan fingerprint density at radius 2 is 2.29 bits per heavy atom. The highest BCUT2D eigenvalue weighted by Crippen LogP contribution is 2.24. The van der Waals surface area contributed by atoms with E-state index >= 15 is 0 Å². The molecule has 2 heterocycles. The molecule has 0 aliphatic carbocycles. The second kappa shape index (κ2) is 8.73. The van der Waals surface area contributed by atoms with Gasteiger partial charge in [-0.25, -0.2) is 4.98 Å². The molecular weight excluding hydrogens is 332 g/mol. The summed E-state index contributed by atoms with van der Waals surface area (Å²) in [6.45, 7) is 4.43. The first-order valence-electron chi connectivity index (χ1n) is 7.83. The number of hydrogen-bond donors (Lipinski definition) is 1. The Morgan fingerprint density at radius 1 is 1.50 bits per heavy atom. The van der Waals surface area contributed by atoms with Crippen LogP contribution in [0.25, 0.3) is 0 Å². The van der Waals surface area contributed by atoms with Crippen molar-refractivity contribution >= 4 is 23.5 Å². The van der Waals surface area contributed by atoms with E-state index in [0.29, 0.717) is 30.6 Å². The summed E-state index contributed by atoms with van der Waals surface area (Å²) in [4.78, 5) is 22.2. The first-order valence-corrected chi connectivity index (χ1v) is 8.20. The lowest BCUT2D eigenvalue weighted by Crippen LogP contribution is -2.42. The Labute approximate surface area is 147 Å². The van der Waals surface area contributed by atoms with Gasteiger partial charge in [-0.2, -0.15) is 0 Å². The number of hydrogen-bond acceptors (Lipinski definition) is 5. The Morgan fingerprint density at radius 3 is 2.92 bits per heavy atom. The zero-order valence-electron chi connectivity index (χ0n) is 14.2. The molecule has 0 radical (unpaired) electrons. The fraction of sp³-hybridized carbons (Fsp3) is 0.562. The molecular formula is C16H23ClN4O3. The van der Waals surface area contributed by atoms with Crippen molar-refractivity contribution in [2.75, 3.05) is 40.4 Å². The van der Waals surface area contributed by atoms with Crippen LogP contribution in [0.4, 0.5) is 0 Å². The van der Waals surface area contributed by atoms with Crippen LogP contribution in [-0.4, -0.2) is 62.2 Å². The molecule has 1 aromatic rings. The number of nitrogens with one attached hydrogen (secondary N) is 1. The number of rotatable bonds is 5. The molecule has 1 saturated heterocycles. The minimum Gasteiger partial charge on any atom is -0.476 e. The minimum atomic E-state index is -0.169. The van der Waals surface area contributed by atoms with Crippen molar-refractivity contribution in [2.24, 2.45) is 16.8 Å². The first kappa shape index (κ1) is 18.3. The largest absolute Gasteiger partial charge is 0.476 e. The Balaban J connectivity index is 1.78. The van der Waals surface area contributed by atoms with E-state index in [-0.39, 0.29) is 17.8 Å². The number of guanidine groups is 1. The summed E-state index contributed by atoms with van der Waals surface area (Å²) in [5.74, 6) is 1.21. The summed E-state index contributed by atoms with van der Waals surface area (Å²) in [7, 11) is 3.15. The number of carbonyl (C=O) groups is 1. The minimum absolute atomic E-state index is 0.122. The van der Waals surface area contributed by atoms with Gasteiger partial charge in [0.25, 0.3) is 0 Å². The summed E-state index contributed by atoms with van der Waals surface area (Å²) in [5.41, 5.74) is 0. The molecule has 7 nitrogen and oxygen atoms in total. The Bertz CT molecular complexity index is 579. The Hall–Kier alpha value is -2.02. The van der Waals surface area contributed by atoms with Crippen LogP contribution in [0.3, 0.4) is 0 Å². The van der Waals surface area contributed by atoms with E-state index in [1.807, 2.05) is 6.92 Å². The van der Waals surface area contributed by atoms with Gasteiger partial charge in [0.05, 0.1) is 24.6 Å². The first-order chi connectivity index (χ1) is 11.5. The quantitative estimate of drug-likeness (QED) is 0.373. The maximum absolute atomic E-state index is 11.8. The second-order valence-electron chi connectivity index (χ2n) is 5.65. The lowest BCUT2D eigenvalue weighted by atomic mass is 9.99. The zero-order valence-corrected chi connectivity index (χ0v) is 14.9. The lowest BCUT2D eigenvalue weighted by Gasteiger charge is -2.21. The topological polar surface area (TPSA) is 76.1 Å². The van der Waals surface area contributed by atoms with Gasteiger partial charge in [-0.15, -0.1) is 0 Å². The molecule has 0 amide bonds. The van der Waals surface area contributed by atoms with Crippen molar-refractivity contribution in [3.63, 3.8) is 0 Å². The van der Waals surface area contributed by atoms with Crippen LogP contribution < -0.4 is 10.1 Å². The number of ether oxygens (including phenoxy) is 2. The third kappa shape index (κ3) is 4.74. The predicted molar refractivity (Wildman–Crippen MR) is 92.3 cm³/mol. The van der Waals surface area contributed by atoms with Gasteiger partial charge in [-0.05, 0) is 12.0 Å². The van der Waals surface area contributed by atoms with Crippen molar-refractivity contribution in [1.82, 2.24) is 15.2 Å². The maximum Gasteiger partial charge on any atom is 0.310 e. The number of likely N-dealkylation sites (tertiary alicyclic amines) is 1. The van der Waals surface area contributed by atoms with E-state index in [1.165, 1.54) is 7.11 Å². The summed E-state index contributed by atoms with van der Waals surface area (Å²) in [6.07, 6.45) is 1.54. The van der Waals surface area contributed by atoms with Gasteiger partial charge in [0.2, 0.25) is 5.88 Å². The number of carbonyl (C=O) groups excluding carboxylic acids is 1. The van der Waals surface area contributed by atoms with E-state index in [2.05, 4.69) is 20.2 Å². The number of pyridine rings is 1. The van der Waals surface area contributed by atoms with Gasteiger partial charge < -0.3 is 19.7 Å². The molecule has 132 valence electrons. The molecule has 24 heavy (non-hydrogen) atoms. The SMILES string of the molecule is CN=C(NCCOc1ccc(Cl)cn1)N1CC(C)C(C(=O)OC)C1. The Kier molecular flexibility index (Phi) is 6.66. The third-order valence-electron chi connectivity index (χ3n) is 3.96.